The summed E-state index contributed by atoms with van der Waals surface area (Å²) in [5, 5.41) is 4.37. The number of rotatable bonds is 26. The summed E-state index contributed by atoms with van der Waals surface area (Å²) in [5.74, 6) is 0.746. The van der Waals surface area contributed by atoms with Gasteiger partial charge in [-0.05, 0) is 63.2 Å². The topological polar surface area (TPSA) is 141 Å². The zero-order valence-electron chi connectivity index (χ0n) is 41.9. The lowest BCUT2D eigenvalue weighted by molar-refractivity contribution is -0.303. The summed E-state index contributed by atoms with van der Waals surface area (Å²) < 4.78 is 67.5. The number of thioether (sulfide) groups is 1. The van der Waals surface area contributed by atoms with Gasteiger partial charge in [-0.15, -0.1) is 0 Å². The Bertz CT molecular complexity index is 2750. The van der Waals surface area contributed by atoms with E-state index in [4.69, 9.17) is 47.4 Å². The lowest BCUT2D eigenvalue weighted by atomic mass is 9.96. The Morgan fingerprint density at radius 3 is 1.29 bits per heavy atom. The van der Waals surface area contributed by atoms with Crippen LogP contribution in [0.1, 0.15) is 33.4 Å². The second-order valence-corrected chi connectivity index (χ2v) is 19.4. The van der Waals surface area contributed by atoms with Crippen molar-refractivity contribution in [2.75, 3.05) is 20.3 Å². The smallest absolute Gasteiger partial charge is 0.169 e. The summed E-state index contributed by atoms with van der Waals surface area (Å²) in [6.07, 6.45) is -6.31. The fourth-order valence-electron chi connectivity index (χ4n) is 9.08. The molecule has 0 saturated carbocycles. The average molecular weight is 1030 g/mol. The number of nitrogens with zero attached hydrogens (tertiary/aromatic N) is 3. The highest BCUT2D eigenvalue weighted by Crippen LogP contribution is 2.39. The Kier molecular flexibility index (Phi) is 20.3. The molecule has 2 saturated heterocycles. The Morgan fingerprint density at radius 1 is 0.427 bits per heavy atom. The average Bonchev–Trinajstić information content (AvgIpc) is 3.47. The quantitative estimate of drug-likeness (QED) is 0.0291. The molecule has 0 aliphatic carbocycles. The Hall–Kier alpha value is -6.36. The molecule has 0 spiro atoms. The molecule has 7 aromatic rings. The highest BCUT2D eigenvalue weighted by molar-refractivity contribution is 7.99. The molecule has 2 aliphatic heterocycles. The van der Waals surface area contributed by atoms with Crippen molar-refractivity contribution < 1.29 is 47.4 Å². The van der Waals surface area contributed by atoms with Gasteiger partial charge in [-0.25, -0.2) is 0 Å². The Balaban J connectivity index is 1.05. The highest BCUT2D eigenvalue weighted by atomic mass is 32.2. The SMILES string of the molecule is COc1ccc(COC[C@H]2O[C@@H](OC[C@H]3O[C@H](Sc4ccccc4)[C@H](OCc4ccccc4)[C@@H](OCc4ccccc4)[C@@H]3OCc3ccccc3)[C@@H](N=[N+]=[N-])[C@@H](OCc3ccccc3)[C@@H]2OCc2ccccc2)cc1. The molecule has 14 heteroatoms. The lowest BCUT2D eigenvalue weighted by Gasteiger charge is -2.47. The highest BCUT2D eigenvalue weighted by Gasteiger charge is 2.52. The maximum atomic E-state index is 10.3. The van der Waals surface area contributed by atoms with Crippen molar-refractivity contribution in [1.82, 2.24) is 0 Å². The molecule has 2 aliphatic rings. The van der Waals surface area contributed by atoms with E-state index in [9.17, 15) is 5.53 Å². The van der Waals surface area contributed by atoms with Crippen molar-refractivity contribution in [2.24, 2.45) is 5.11 Å². The second kappa shape index (κ2) is 28.5. The number of hydrogen-bond acceptors (Lipinski definition) is 12. The summed E-state index contributed by atoms with van der Waals surface area (Å²) >= 11 is 1.55. The van der Waals surface area contributed by atoms with Crippen molar-refractivity contribution in [3.05, 3.63) is 250 Å². The van der Waals surface area contributed by atoms with E-state index in [-0.39, 0.29) is 46.2 Å². The second-order valence-electron chi connectivity index (χ2n) is 18.2. The summed E-state index contributed by atoms with van der Waals surface area (Å²) in [7, 11) is 1.64. The fourth-order valence-corrected chi connectivity index (χ4v) is 10.2. The van der Waals surface area contributed by atoms with Gasteiger partial charge in [0.2, 0.25) is 0 Å². The summed E-state index contributed by atoms with van der Waals surface area (Å²) in [6.45, 7) is 1.59. The summed E-state index contributed by atoms with van der Waals surface area (Å²) in [6, 6.07) is 66.6. The monoisotopic (exact) mass is 1030 g/mol. The van der Waals surface area contributed by atoms with Gasteiger partial charge in [-0.2, -0.15) is 0 Å². The van der Waals surface area contributed by atoms with Gasteiger partial charge in [0.05, 0.1) is 60.0 Å². The van der Waals surface area contributed by atoms with Crippen LogP contribution in [0.5, 0.6) is 5.75 Å². The van der Waals surface area contributed by atoms with Crippen molar-refractivity contribution in [1.29, 1.82) is 0 Å². The fraction of sp³-hybridized carbons (Fsp3) is 0.311. The van der Waals surface area contributed by atoms with Crippen LogP contribution >= 0.6 is 11.8 Å². The number of ether oxygens (including phenoxy) is 10. The van der Waals surface area contributed by atoms with Crippen molar-refractivity contribution >= 4 is 11.8 Å². The van der Waals surface area contributed by atoms with Gasteiger partial charge in [0, 0.05) is 9.81 Å². The van der Waals surface area contributed by atoms with Crippen LogP contribution < -0.4 is 4.74 Å². The minimum atomic E-state index is -1.15. The standard InChI is InChI=1S/C61H63N3O10S/c1-65-50-34-32-49(33-35-50)36-66-42-52-55(67-37-44-20-8-2-9-21-44)57(69-39-46-24-12-4-13-25-46)54(63-64-62)60(73-52)72-43-53-56(68-38-45-22-10-3-11-23-45)58(70-40-47-26-14-5-15-27-47)59(71-41-48-28-16-6-17-29-48)61(74-53)75-51-30-18-7-19-31-51/h2-35,52-61H,36-43H2,1H3/t52-,53-,54+,55-,56-,57-,58+,59-,60-,61-/m1/s1. The first-order valence-corrected chi connectivity index (χ1v) is 26.1. The minimum Gasteiger partial charge on any atom is -0.497 e. The van der Waals surface area contributed by atoms with Gasteiger partial charge < -0.3 is 47.4 Å². The van der Waals surface area contributed by atoms with Crippen molar-refractivity contribution in [3.8, 4) is 5.75 Å². The molecule has 388 valence electrons. The van der Waals surface area contributed by atoms with E-state index >= 15 is 0 Å². The van der Waals surface area contributed by atoms with Gasteiger partial charge in [-0.3, -0.25) is 0 Å². The number of azide groups is 1. The molecule has 13 nitrogen and oxygen atoms in total. The number of benzene rings is 7. The van der Waals surface area contributed by atoms with Crippen LogP contribution in [0.2, 0.25) is 0 Å². The van der Waals surface area contributed by atoms with Crippen LogP contribution in [0.3, 0.4) is 0 Å². The molecule has 0 radical (unpaired) electrons. The van der Waals surface area contributed by atoms with E-state index in [1.165, 1.54) is 0 Å². The van der Waals surface area contributed by atoms with Crippen LogP contribution in [0, 0.1) is 0 Å². The third-order valence-electron chi connectivity index (χ3n) is 12.9. The van der Waals surface area contributed by atoms with Gasteiger partial charge in [0.25, 0.3) is 0 Å². The summed E-state index contributed by atoms with van der Waals surface area (Å²) in [4.78, 5) is 4.34. The molecule has 7 aromatic carbocycles. The largest absolute Gasteiger partial charge is 0.497 e. The van der Waals surface area contributed by atoms with Gasteiger partial charge in [-0.1, -0.05) is 199 Å². The first-order valence-electron chi connectivity index (χ1n) is 25.3. The van der Waals surface area contributed by atoms with Crippen LogP contribution in [-0.2, 0) is 82.3 Å². The van der Waals surface area contributed by atoms with E-state index in [1.807, 2.05) is 194 Å². The van der Waals surface area contributed by atoms with Crippen molar-refractivity contribution in [2.45, 2.75) is 105 Å². The van der Waals surface area contributed by atoms with Crippen LogP contribution in [-0.4, -0.2) is 80.8 Å². The minimum absolute atomic E-state index is 0.0651. The number of methoxy groups -OCH3 is 1. The molecule has 10 atom stereocenters. The molecule has 0 aromatic heterocycles. The molecule has 2 fully saturated rings. The van der Waals surface area contributed by atoms with E-state index in [0.29, 0.717) is 6.61 Å². The van der Waals surface area contributed by atoms with E-state index in [0.717, 1.165) is 44.0 Å². The zero-order valence-corrected chi connectivity index (χ0v) is 42.7. The van der Waals surface area contributed by atoms with Crippen LogP contribution in [0.15, 0.2) is 216 Å². The first kappa shape index (κ1) is 53.5. The molecule has 75 heavy (non-hydrogen) atoms. The Morgan fingerprint density at radius 2 is 0.827 bits per heavy atom. The predicted octanol–water partition coefficient (Wildman–Crippen LogP) is 12.1. The van der Waals surface area contributed by atoms with E-state index < -0.39 is 60.5 Å². The van der Waals surface area contributed by atoms with E-state index in [1.54, 1.807) is 18.9 Å². The van der Waals surface area contributed by atoms with Gasteiger partial charge >= 0.3 is 0 Å². The lowest BCUT2D eigenvalue weighted by Crippen LogP contribution is -2.62. The molecule has 2 heterocycles. The first-order chi connectivity index (χ1) is 37.1. The van der Waals surface area contributed by atoms with Gasteiger partial charge in [0.15, 0.2) is 6.29 Å². The third kappa shape index (κ3) is 15.6. The maximum absolute atomic E-state index is 10.3. The Labute approximate surface area is 443 Å². The normalized spacial score (nSPS) is 23.5. The third-order valence-corrected chi connectivity index (χ3v) is 14.1. The van der Waals surface area contributed by atoms with Crippen LogP contribution in [0.4, 0.5) is 0 Å². The molecular weight excluding hydrogens is 967 g/mol. The molecule has 0 bridgehead atoms. The van der Waals surface area contributed by atoms with Gasteiger partial charge in [0.1, 0.15) is 60.0 Å². The number of hydrogen-bond donors (Lipinski definition) is 0. The molecule has 0 unspecified atom stereocenters. The van der Waals surface area contributed by atoms with E-state index in [2.05, 4.69) is 22.2 Å². The molecule has 0 N–H and O–H groups in total. The zero-order chi connectivity index (χ0) is 51.3. The van der Waals surface area contributed by atoms with Crippen LogP contribution in [0.25, 0.3) is 10.4 Å². The molecule has 0 amide bonds. The maximum Gasteiger partial charge on any atom is 0.169 e. The van der Waals surface area contributed by atoms with Crippen molar-refractivity contribution in [3.63, 3.8) is 0 Å². The predicted molar refractivity (Wildman–Crippen MR) is 286 cm³/mol. The summed E-state index contributed by atoms with van der Waals surface area (Å²) in [5.41, 5.74) is 15.5. The molecule has 9 rings (SSSR count). The molecular formula is C61H63N3O10S.